The van der Waals surface area contributed by atoms with Crippen LogP contribution in [-0.2, 0) is 0 Å². The molecule has 0 aliphatic rings. The summed E-state index contributed by atoms with van der Waals surface area (Å²) in [7, 11) is 5.35. The third-order valence-corrected chi connectivity index (χ3v) is 3.58. The van der Waals surface area contributed by atoms with Crippen LogP contribution in [0.15, 0.2) is 12.1 Å². The lowest BCUT2D eigenvalue weighted by Crippen LogP contribution is -2.25. The molecule has 2 atom stereocenters. The Kier molecular flexibility index (Phi) is 6.12. The minimum atomic E-state index is 0.202. The zero-order valence-corrected chi connectivity index (χ0v) is 12.6. The van der Waals surface area contributed by atoms with Crippen molar-refractivity contribution in [2.75, 3.05) is 27.8 Å². The van der Waals surface area contributed by atoms with Gasteiger partial charge in [-0.3, -0.25) is 0 Å². The largest absolute Gasteiger partial charge is 0.496 e. The number of nitrogens with two attached hydrogens (primary N) is 1. The van der Waals surface area contributed by atoms with E-state index < -0.39 is 0 Å². The Morgan fingerprint density at radius 1 is 1.21 bits per heavy atom. The van der Waals surface area contributed by atoms with Crippen molar-refractivity contribution in [3.63, 3.8) is 0 Å². The van der Waals surface area contributed by atoms with E-state index in [2.05, 4.69) is 18.3 Å². The van der Waals surface area contributed by atoms with Crippen LogP contribution < -0.4 is 20.5 Å². The van der Waals surface area contributed by atoms with Crippen LogP contribution >= 0.6 is 0 Å². The van der Waals surface area contributed by atoms with E-state index in [0.717, 1.165) is 29.0 Å². The Labute approximate surface area is 116 Å². The first-order valence-electron chi connectivity index (χ1n) is 6.68. The summed E-state index contributed by atoms with van der Waals surface area (Å²) in [5.41, 5.74) is 7.86. The van der Waals surface area contributed by atoms with Crippen molar-refractivity contribution in [1.82, 2.24) is 5.32 Å². The standard InChI is InChI=1S/C15H26N2O2/c1-10(6-7-16)15(17-3)12-9-13(18-4)11(2)8-14(12)19-5/h8-10,15,17H,6-7,16H2,1-5H3. The average Bonchev–Trinajstić information content (AvgIpc) is 2.40. The summed E-state index contributed by atoms with van der Waals surface area (Å²) in [6.45, 7) is 4.90. The van der Waals surface area contributed by atoms with Crippen molar-refractivity contribution >= 4 is 0 Å². The topological polar surface area (TPSA) is 56.5 Å². The molecule has 1 aromatic carbocycles. The number of rotatable bonds is 7. The monoisotopic (exact) mass is 266 g/mol. The van der Waals surface area contributed by atoms with Gasteiger partial charge in [0.2, 0.25) is 0 Å². The van der Waals surface area contributed by atoms with Crippen LogP contribution in [0.5, 0.6) is 11.5 Å². The quantitative estimate of drug-likeness (QED) is 0.795. The van der Waals surface area contributed by atoms with Crippen molar-refractivity contribution in [1.29, 1.82) is 0 Å². The second-order valence-corrected chi connectivity index (χ2v) is 4.88. The molecule has 3 N–H and O–H groups in total. The SMILES string of the molecule is CNC(c1cc(OC)c(C)cc1OC)C(C)CCN. The van der Waals surface area contributed by atoms with Crippen LogP contribution in [0.4, 0.5) is 0 Å². The smallest absolute Gasteiger partial charge is 0.124 e. The fourth-order valence-corrected chi connectivity index (χ4v) is 2.49. The van der Waals surface area contributed by atoms with E-state index in [4.69, 9.17) is 15.2 Å². The molecule has 0 saturated heterocycles. The summed E-state index contributed by atoms with van der Waals surface area (Å²) in [6.07, 6.45) is 0.963. The van der Waals surface area contributed by atoms with E-state index in [1.807, 2.05) is 20.0 Å². The number of hydrogen-bond donors (Lipinski definition) is 2. The first-order valence-corrected chi connectivity index (χ1v) is 6.68. The highest BCUT2D eigenvalue weighted by Crippen LogP contribution is 2.36. The number of ether oxygens (including phenoxy) is 2. The van der Waals surface area contributed by atoms with Crippen LogP contribution in [0.1, 0.15) is 30.5 Å². The number of benzene rings is 1. The molecule has 19 heavy (non-hydrogen) atoms. The van der Waals surface area contributed by atoms with Crippen LogP contribution in [0.25, 0.3) is 0 Å². The van der Waals surface area contributed by atoms with Gasteiger partial charge >= 0.3 is 0 Å². The van der Waals surface area contributed by atoms with Gasteiger partial charge in [0, 0.05) is 11.6 Å². The second kappa shape index (κ2) is 7.36. The number of methoxy groups -OCH3 is 2. The minimum Gasteiger partial charge on any atom is -0.496 e. The zero-order chi connectivity index (χ0) is 14.4. The highest BCUT2D eigenvalue weighted by atomic mass is 16.5. The van der Waals surface area contributed by atoms with E-state index in [0.29, 0.717) is 12.5 Å². The first-order chi connectivity index (χ1) is 9.08. The van der Waals surface area contributed by atoms with Gasteiger partial charge in [-0.25, -0.2) is 0 Å². The van der Waals surface area contributed by atoms with Crippen LogP contribution in [0, 0.1) is 12.8 Å². The van der Waals surface area contributed by atoms with E-state index in [1.165, 1.54) is 0 Å². The van der Waals surface area contributed by atoms with E-state index >= 15 is 0 Å². The lowest BCUT2D eigenvalue weighted by molar-refractivity contribution is 0.355. The second-order valence-electron chi connectivity index (χ2n) is 4.88. The van der Waals surface area contributed by atoms with Gasteiger partial charge in [-0.1, -0.05) is 6.92 Å². The molecule has 0 aliphatic carbocycles. The van der Waals surface area contributed by atoms with Crippen molar-refractivity contribution in [3.05, 3.63) is 23.3 Å². The van der Waals surface area contributed by atoms with Crippen molar-refractivity contribution in [2.45, 2.75) is 26.3 Å². The summed E-state index contributed by atoms with van der Waals surface area (Å²) < 4.78 is 10.9. The first kappa shape index (κ1) is 15.8. The molecule has 0 aromatic heterocycles. The van der Waals surface area contributed by atoms with Crippen molar-refractivity contribution in [2.24, 2.45) is 11.7 Å². The summed E-state index contributed by atoms with van der Waals surface area (Å²) in [6, 6.07) is 4.28. The Morgan fingerprint density at radius 2 is 1.84 bits per heavy atom. The lowest BCUT2D eigenvalue weighted by Gasteiger charge is -2.26. The van der Waals surface area contributed by atoms with Gasteiger partial charge < -0.3 is 20.5 Å². The van der Waals surface area contributed by atoms with Gasteiger partial charge in [0.15, 0.2) is 0 Å². The summed E-state index contributed by atoms with van der Waals surface area (Å²) >= 11 is 0. The Bertz CT molecular complexity index is 407. The van der Waals surface area contributed by atoms with Gasteiger partial charge in [-0.05, 0) is 50.6 Å². The van der Waals surface area contributed by atoms with Crippen LogP contribution in [-0.4, -0.2) is 27.8 Å². The Morgan fingerprint density at radius 3 is 2.32 bits per heavy atom. The molecule has 108 valence electrons. The number of nitrogens with one attached hydrogen (secondary N) is 1. The summed E-state index contributed by atoms with van der Waals surface area (Å²) in [5, 5.41) is 3.36. The number of aryl methyl sites for hydroxylation is 1. The van der Waals surface area contributed by atoms with Crippen LogP contribution in [0.3, 0.4) is 0 Å². The normalized spacial score (nSPS) is 14.0. The lowest BCUT2D eigenvalue weighted by atomic mass is 9.90. The predicted octanol–water partition coefficient (Wildman–Crippen LogP) is 2.26. The molecule has 2 unspecified atom stereocenters. The molecule has 0 bridgehead atoms. The van der Waals surface area contributed by atoms with Crippen molar-refractivity contribution in [3.8, 4) is 11.5 Å². The van der Waals surface area contributed by atoms with Crippen LogP contribution in [0.2, 0.25) is 0 Å². The molecule has 4 nitrogen and oxygen atoms in total. The van der Waals surface area contributed by atoms with E-state index in [1.54, 1.807) is 14.2 Å². The predicted molar refractivity (Wildman–Crippen MR) is 78.9 cm³/mol. The molecular weight excluding hydrogens is 240 g/mol. The molecule has 0 radical (unpaired) electrons. The molecule has 4 heteroatoms. The molecule has 1 aromatic rings. The molecule has 0 saturated carbocycles. The van der Waals surface area contributed by atoms with Gasteiger partial charge in [-0.15, -0.1) is 0 Å². The maximum Gasteiger partial charge on any atom is 0.124 e. The highest BCUT2D eigenvalue weighted by Gasteiger charge is 2.22. The number of hydrogen-bond acceptors (Lipinski definition) is 4. The molecule has 1 rings (SSSR count). The Balaban J connectivity index is 3.20. The fourth-order valence-electron chi connectivity index (χ4n) is 2.49. The molecule has 0 amide bonds. The molecule has 0 fully saturated rings. The van der Waals surface area contributed by atoms with Gasteiger partial charge in [0.05, 0.1) is 14.2 Å². The molecule has 0 aliphatic heterocycles. The molecule has 0 spiro atoms. The third-order valence-electron chi connectivity index (χ3n) is 3.58. The van der Waals surface area contributed by atoms with Crippen molar-refractivity contribution < 1.29 is 9.47 Å². The third kappa shape index (κ3) is 3.61. The minimum absolute atomic E-state index is 0.202. The van der Waals surface area contributed by atoms with Gasteiger partial charge in [0.1, 0.15) is 11.5 Å². The van der Waals surface area contributed by atoms with Gasteiger partial charge in [-0.2, -0.15) is 0 Å². The zero-order valence-electron chi connectivity index (χ0n) is 12.6. The molecular formula is C15H26N2O2. The summed E-state index contributed by atoms with van der Waals surface area (Å²) in [4.78, 5) is 0. The highest BCUT2D eigenvalue weighted by molar-refractivity contribution is 5.47. The molecule has 0 heterocycles. The van der Waals surface area contributed by atoms with E-state index in [9.17, 15) is 0 Å². The van der Waals surface area contributed by atoms with Gasteiger partial charge in [0.25, 0.3) is 0 Å². The fraction of sp³-hybridized carbons (Fsp3) is 0.600. The Hall–Kier alpha value is -1.26. The maximum atomic E-state index is 5.67. The average molecular weight is 266 g/mol. The van der Waals surface area contributed by atoms with E-state index in [-0.39, 0.29) is 6.04 Å². The maximum absolute atomic E-state index is 5.67. The summed E-state index contributed by atoms with van der Waals surface area (Å²) in [5.74, 6) is 2.20.